The number of hydrogen-bond acceptors (Lipinski definition) is 5. The molecule has 1 aromatic carbocycles. The summed E-state index contributed by atoms with van der Waals surface area (Å²) >= 11 is 1.32. The Hall–Kier alpha value is -2.72. The summed E-state index contributed by atoms with van der Waals surface area (Å²) in [6.45, 7) is 3.26. The number of amides is 1. The van der Waals surface area contributed by atoms with Crippen LogP contribution in [0.15, 0.2) is 24.3 Å². The van der Waals surface area contributed by atoms with Crippen LogP contribution in [0.1, 0.15) is 18.1 Å². The van der Waals surface area contributed by atoms with Gasteiger partial charge in [-0.2, -0.15) is 5.26 Å². The molecule has 1 N–H and O–H groups in total. The summed E-state index contributed by atoms with van der Waals surface area (Å²) in [4.78, 5) is 11.3. The van der Waals surface area contributed by atoms with Gasteiger partial charge in [0.15, 0.2) is 0 Å². The molecular formula is C14H11N5OS. The van der Waals surface area contributed by atoms with Gasteiger partial charge in [0.1, 0.15) is 21.6 Å². The highest BCUT2D eigenvalue weighted by atomic mass is 32.1. The van der Waals surface area contributed by atoms with E-state index in [4.69, 9.17) is 0 Å². The van der Waals surface area contributed by atoms with Gasteiger partial charge >= 0.3 is 0 Å². The quantitative estimate of drug-likeness (QED) is 0.788. The van der Waals surface area contributed by atoms with E-state index in [0.717, 1.165) is 21.6 Å². The zero-order valence-corrected chi connectivity index (χ0v) is 12.2. The first-order valence-electron chi connectivity index (χ1n) is 6.23. The predicted molar refractivity (Wildman–Crippen MR) is 80.5 cm³/mol. The lowest BCUT2D eigenvalue weighted by atomic mass is 10.2. The smallest absolute Gasteiger partial charge is 0.221 e. The Labute approximate surface area is 124 Å². The monoisotopic (exact) mass is 297 g/mol. The molecular weight excluding hydrogens is 286 g/mol. The third-order valence-corrected chi connectivity index (χ3v) is 4.25. The highest BCUT2D eigenvalue weighted by Gasteiger charge is 2.19. The molecule has 0 radical (unpaired) electrons. The largest absolute Gasteiger partial charge is 0.317 e. The lowest BCUT2D eigenvalue weighted by Gasteiger charge is -1.99. The molecule has 1 amide bonds. The maximum Gasteiger partial charge on any atom is 0.221 e. The Morgan fingerprint density at radius 1 is 1.43 bits per heavy atom. The minimum Gasteiger partial charge on any atom is -0.317 e. The molecule has 0 saturated heterocycles. The molecule has 0 aliphatic rings. The van der Waals surface area contributed by atoms with Crippen molar-refractivity contribution in [3.05, 3.63) is 35.4 Å². The number of rotatable bonds is 2. The second-order valence-corrected chi connectivity index (χ2v) is 5.52. The fourth-order valence-corrected chi connectivity index (χ4v) is 3.27. The molecule has 7 heteroatoms. The van der Waals surface area contributed by atoms with Gasteiger partial charge < -0.3 is 5.32 Å². The van der Waals surface area contributed by atoms with E-state index in [1.54, 1.807) is 4.68 Å². The summed E-state index contributed by atoms with van der Waals surface area (Å²) in [6.07, 6.45) is 0. The van der Waals surface area contributed by atoms with Gasteiger partial charge in [-0.1, -0.05) is 28.7 Å². The van der Waals surface area contributed by atoms with E-state index in [9.17, 15) is 10.1 Å². The van der Waals surface area contributed by atoms with Crippen LogP contribution >= 0.6 is 11.3 Å². The van der Waals surface area contributed by atoms with Crippen LogP contribution in [0.25, 0.3) is 16.0 Å². The first-order chi connectivity index (χ1) is 10.1. The topological polar surface area (TPSA) is 83.6 Å². The first kappa shape index (κ1) is 13.3. The number of aromatic nitrogens is 3. The summed E-state index contributed by atoms with van der Waals surface area (Å²) < 4.78 is 1.70. The molecule has 0 unspecified atom stereocenters. The van der Waals surface area contributed by atoms with E-state index in [1.807, 2.05) is 31.2 Å². The number of nitriles is 1. The van der Waals surface area contributed by atoms with Crippen molar-refractivity contribution in [2.75, 3.05) is 5.32 Å². The number of anilines is 1. The fourth-order valence-electron chi connectivity index (χ4n) is 2.11. The van der Waals surface area contributed by atoms with Crippen molar-refractivity contribution >= 4 is 33.3 Å². The number of nitrogens with zero attached hydrogens (tertiary/aromatic N) is 4. The number of carbonyl (C=O) groups excluding carboxylic acids is 1. The average Bonchev–Trinajstić information content (AvgIpc) is 2.99. The van der Waals surface area contributed by atoms with Gasteiger partial charge in [0.05, 0.1) is 11.1 Å². The molecule has 0 spiro atoms. The molecule has 3 aromatic rings. The molecule has 0 atom stereocenters. The second kappa shape index (κ2) is 5.00. The highest BCUT2D eigenvalue weighted by molar-refractivity contribution is 7.19. The summed E-state index contributed by atoms with van der Waals surface area (Å²) in [5, 5.41) is 21.6. The van der Waals surface area contributed by atoms with Crippen LogP contribution in [-0.2, 0) is 4.79 Å². The molecule has 0 bridgehead atoms. The molecule has 0 aliphatic heterocycles. The second-order valence-electron chi connectivity index (χ2n) is 4.52. The summed E-state index contributed by atoms with van der Waals surface area (Å²) in [6, 6.07) is 9.73. The highest BCUT2D eigenvalue weighted by Crippen LogP contribution is 2.35. The van der Waals surface area contributed by atoms with Crippen LogP contribution in [0.4, 0.5) is 5.00 Å². The van der Waals surface area contributed by atoms with Gasteiger partial charge in [0.2, 0.25) is 5.91 Å². The van der Waals surface area contributed by atoms with E-state index >= 15 is 0 Å². The Morgan fingerprint density at radius 2 is 2.19 bits per heavy atom. The first-order valence-corrected chi connectivity index (χ1v) is 7.05. The van der Waals surface area contributed by atoms with E-state index in [2.05, 4.69) is 21.7 Å². The number of benzene rings is 1. The van der Waals surface area contributed by atoms with Crippen molar-refractivity contribution in [2.24, 2.45) is 0 Å². The summed E-state index contributed by atoms with van der Waals surface area (Å²) in [7, 11) is 0. The molecule has 0 aliphatic carbocycles. The lowest BCUT2D eigenvalue weighted by Crippen LogP contribution is -2.05. The van der Waals surface area contributed by atoms with Crippen molar-refractivity contribution in [1.29, 1.82) is 5.26 Å². The van der Waals surface area contributed by atoms with Crippen LogP contribution < -0.4 is 5.32 Å². The zero-order valence-electron chi connectivity index (χ0n) is 11.4. The normalized spacial score (nSPS) is 10.5. The van der Waals surface area contributed by atoms with E-state index in [0.29, 0.717) is 10.6 Å². The lowest BCUT2D eigenvalue weighted by molar-refractivity contribution is -0.114. The number of fused-ring (bicyclic) bond motifs is 1. The molecule has 0 saturated carbocycles. The number of nitrogens with one attached hydrogen (secondary N) is 1. The number of thiophene rings is 1. The van der Waals surface area contributed by atoms with Crippen molar-refractivity contribution < 1.29 is 4.79 Å². The van der Waals surface area contributed by atoms with Crippen LogP contribution in [0.3, 0.4) is 0 Å². The average molecular weight is 297 g/mol. The van der Waals surface area contributed by atoms with Gasteiger partial charge in [-0.05, 0) is 19.1 Å². The van der Waals surface area contributed by atoms with Gasteiger partial charge in [0.25, 0.3) is 0 Å². The van der Waals surface area contributed by atoms with E-state index in [1.165, 1.54) is 18.3 Å². The molecule has 0 fully saturated rings. The SMILES string of the molecule is CC(=O)Nc1sc(-n2nnc3ccccc32)c(C)c1C#N. The molecule has 6 nitrogen and oxygen atoms in total. The van der Waals surface area contributed by atoms with Gasteiger partial charge in [0, 0.05) is 12.5 Å². The molecule has 21 heavy (non-hydrogen) atoms. The third-order valence-electron chi connectivity index (χ3n) is 3.07. The Morgan fingerprint density at radius 3 is 2.90 bits per heavy atom. The van der Waals surface area contributed by atoms with Crippen molar-refractivity contribution in [3.63, 3.8) is 0 Å². The van der Waals surface area contributed by atoms with E-state index < -0.39 is 0 Å². The van der Waals surface area contributed by atoms with Gasteiger partial charge in [-0.25, -0.2) is 4.68 Å². The summed E-state index contributed by atoms with van der Waals surface area (Å²) in [5.74, 6) is -0.206. The van der Waals surface area contributed by atoms with Gasteiger partial charge in [-0.3, -0.25) is 4.79 Å². The van der Waals surface area contributed by atoms with E-state index in [-0.39, 0.29) is 5.91 Å². The van der Waals surface area contributed by atoms with Crippen LogP contribution in [0, 0.1) is 18.3 Å². The Bertz CT molecular complexity index is 887. The Kier molecular flexibility index (Phi) is 3.16. The predicted octanol–water partition coefficient (Wildman–Crippen LogP) is 2.62. The van der Waals surface area contributed by atoms with Crippen molar-refractivity contribution in [3.8, 4) is 11.1 Å². The third kappa shape index (κ3) is 2.15. The number of para-hydroxylation sites is 1. The molecule has 2 aromatic heterocycles. The van der Waals surface area contributed by atoms with Crippen LogP contribution in [0.2, 0.25) is 0 Å². The molecule has 3 rings (SSSR count). The number of carbonyl (C=O) groups is 1. The zero-order chi connectivity index (χ0) is 15.0. The van der Waals surface area contributed by atoms with Crippen LogP contribution in [0.5, 0.6) is 0 Å². The van der Waals surface area contributed by atoms with Crippen LogP contribution in [-0.4, -0.2) is 20.9 Å². The fraction of sp³-hybridized carbons (Fsp3) is 0.143. The maximum absolute atomic E-state index is 11.3. The summed E-state index contributed by atoms with van der Waals surface area (Å²) in [5.41, 5.74) is 2.89. The molecule has 2 heterocycles. The minimum atomic E-state index is -0.206. The van der Waals surface area contributed by atoms with Crippen molar-refractivity contribution in [1.82, 2.24) is 15.0 Å². The number of hydrogen-bond donors (Lipinski definition) is 1. The van der Waals surface area contributed by atoms with Crippen molar-refractivity contribution in [2.45, 2.75) is 13.8 Å². The minimum absolute atomic E-state index is 0.206. The maximum atomic E-state index is 11.3. The standard InChI is InChI=1S/C14H11N5OS/c1-8-10(7-15)13(16-9(2)20)21-14(8)19-12-6-4-3-5-11(12)17-18-19/h3-6H,1-2H3,(H,16,20). The molecule has 104 valence electrons. The van der Waals surface area contributed by atoms with Gasteiger partial charge in [-0.15, -0.1) is 5.10 Å². The Balaban J connectivity index is 2.21.